The molecule has 140 valence electrons. The molecule has 0 spiro atoms. The molecular weight excluding hydrogens is 367 g/mol. The van der Waals surface area contributed by atoms with Gasteiger partial charge in [0, 0.05) is 24.2 Å². The lowest BCUT2D eigenvalue weighted by molar-refractivity contribution is -0.128. The molecule has 1 saturated heterocycles. The van der Waals surface area contributed by atoms with Crippen LogP contribution in [0.25, 0.3) is 5.03 Å². The summed E-state index contributed by atoms with van der Waals surface area (Å²) in [7, 11) is 0. The molecule has 3 rings (SSSR count). The lowest BCUT2D eigenvalue weighted by atomic mass is 10.1. The fourth-order valence-electron chi connectivity index (χ4n) is 3.01. The van der Waals surface area contributed by atoms with Crippen molar-refractivity contribution in [1.82, 2.24) is 10.2 Å². The first-order chi connectivity index (χ1) is 13.1. The van der Waals surface area contributed by atoms with Gasteiger partial charge in [-0.15, -0.1) is 0 Å². The SMILES string of the molecule is O=C(N/C(C(=O)N1CCCCC1)=C(/Cl)c1ccccc1F)c1ccccc1. The van der Waals surface area contributed by atoms with Gasteiger partial charge in [0.2, 0.25) is 0 Å². The average Bonchev–Trinajstić information content (AvgIpc) is 2.72. The fraction of sp³-hybridized carbons (Fsp3) is 0.238. The molecule has 6 heteroatoms. The van der Waals surface area contributed by atoms with Gasteiger partial charge < -0.3 is 10.2 Å². The van der Waals surface area contributed by atoms with Crippen LogP contribution in [0.4, 0.5) is 4.39 Å². The normalized spacial score (nSPS) is 15.1. The van der Waals surface area contributed by atoms with Crippen LogP contribution in [-0.2, 0) is 4.79 Å². The van der Waals surface area contributed by atoms with E-state index in [9.17, 15) is 14.0 Å². The summed E-state index contributed by atoms with van der Waals surface area (Å²) in [6, 6.07) is 14.4. The van der Waals surface area contributed by atoms with Gasteiger partial charge in [0.05, 0.1) is 5.03 Å². The minimum Gasteiger partial charge on any atom is -0.337 e. The number of hydrogen-bond acceptors (Lipinski definition) is 2. The van der Waals surface area contributed by atoms with Crippen LogP contribution in [0.1, 0.15) is 35.2 Å². The Balaban J connectivity index is 1.98. The van der Waals surface area contributed by atoms with Crippen LogP contribution in [0, 0.1) is 5.82 Å². The van der Waals surface area contributed by atoms with Crippen LogP contribution in [-0.4, -0.2) is 29.8 Å². The molecule has 1 N–H and O–H groups in total. The Bertz CT molecular complexity index is 861. The Labute approximate surface area is 162 Å². The van der Waals surface area contributed by atoms with Crippen molar-refractivity contribution in [2.24, 2.45) is 0 Å². The lowest BCUT2D eigenvalue weighted by Gasteiger charge is -2.28. The predicted molar refractivity (Wildman–Crippen MR) is 104 cm³/mol. The average molecular weight is 387 g/mol. The summed E-state index contributed by atoms with van der Waals surface area (Å²) in [6.45, 7) is 1.18. The second-order valence-electron chi connectivity index (χ2n) is 6.34. The van der Waals surface area contributed by atoms with E-state index in [0.717, 1.165) is 19.3 Å². The molecule has 2 aromatic carbocycles. The number of likely N-dealkylation sites (tertiary alicyclic amines) is 1. The van der Waals surface area contributed by atoms with E-state index in [2.05, 4.69) is 5.32 Å². The third-order valence-corrected chi connectivity index (χ3v) is 4.85. The van der Waals surface area contributed by atoms with Gasteiger partial charge in [-0.2, -0.15) is 0 Å². The summed E-state index contributed by atoms with van der Waals surface area (Å²) in [5, 5.41) is 2.50. The Morgan fingerprint density at radius 2 is 1.56 bits per heavy atom. The molecule has 2 amide bonds. The number of halogens is 2. The molecule has 4 nitrogen and oxygen atoms in total. The van der Waals surface area contributed by atoms with E-state index in [1.165, 1.54) is 18.2 Å². The fourth-order valence-corrected chi connectivity index (χ4v) is 3.29. The highest BCUT2D eigenvalue weighted by molar-refractivity contribution is 6.51. The number of carbonyl (C=O) groups excluding carboxylic acids is 2. The largest absolute Gasteiger partial charge is 0.337 e. The number of piperidine rings is 1. The maximum Gasteiger partial charge on any atom is 0.271 e. The maximum atomic E-state index is 14.2. The van der Waals surface area contributed by atoms with E-state index < -0.39 is 17.6 Å². The number of benzene rings is 2. The van der Waals surface area contributed by atoms with Gasteiger partial charge >= 0.3 is 0 Å². The molecule has 1 aliphatic heterocycles. The summed E-state index contributed by atoms with van der Waals surface area (Å²) < 4.78 is 14.2. The van der Waals surface area contributed by atoms with Gasteiger partial charge in [-0.1, -0.05) is 48.0 Å². The van der Waals surface area contributed by atoms with Crippen LogP contribution in [0.3, 0.4) is 0 Å². The van der Waals surface area contributed by atoms with Gasteiger partial charge in [-0.3, -0.25) is 9.59 Å². The van der Waals surface area contributed by atoms with Crippen LogP contribution >= 0.6 is 11.6 Å². The number of nitrogens with one attached hydrogen (secondary N) is 1. The maximum absolute atomic E-state index is 14.2. The zero-order valence-corrected chi connectivity index (χ0v) is 15.5. The third-order valence-electron chi connectivity index (χ3n) is 4.46. The topological polar surface area (TPSA) is 49.4 Å². The smallest absolute Gasteiger partial charge is 0.271 e. The molecule has 1 aliphatic rings. The van der Waals surface area contributed by atoms with Gasteiger partial charge in [-0.25, -0.2) is 4.39 Å². The predicted octanol–water partition coefficient (Wildman–Crippen LogP) is 4.18. The Kier molecular flexibility index (Phi) is 6.24. The van der Waals surface area contributed by atoms with Crippen molar-refractivity contribution in [2.75, 3.05) is 13.1 Å². The Morgan fingerprint density at radius 1 is 0.926 bits per heavy atom. The van der Waals surface area contributed by atoms with Crippen molar-refractivity contribution in [2.45, 2.75) is 19.3 Å². The Morgan fingerprint density at radius 3 is 2.22 bits per heavy atom. The highest BCUT2D eigenvalue weighted by Gasteiger charge is 2.26. The van der Waals surface area contributed by atoms with E-state index in [1.54, 1.807) is 41.3 Å². The van der Waals surface area contributed by atoms with E-state index in [0.29, 0.717) is 18.7 Å². The van der Waals surface area contributed by atoms with Gasteiger partial charge in [0.15, 0.2) is 0 Å². The van der Waals surface area contributed by atoms with E-state index in [-0.39, 0.29) is 16.3 Å². The zero-order valence-electron chi connectivity index (χ0n) is 14.8. The monoisotopic (exact) mass is 386 g/mol. The molecular formula is C21H20ClFN2O2. The van der Waals surface area contributed by atoms with E-state index in [1.807, 2.05) is 0 Å². The van der Waals surface area contributed by atoms with Crippen molar-refractivity contribution in [1.29, 1.82) is 0 Å². The highest BCUT2D eigenvalue weighted by atomic mass is 35.5. The van der Waals surface area contributed by atoms with Crippen LogP contribution in [0.5, 0.6) is 0 Å². The van der Waals surface area contributed by atoms with Gasteiger partial charge in [0.1, 0.15) is 11.5 Å². The molecule has 27 heavy (non-hydrogen) atoms. The molecule has 0 radical (unpaired) electrons. The highest BCUT2D eigenvalue weighted by Crippen LogP contribution is 2.26. The molecule has 1 heterocycles. The first kappa shape index (κ1) is 19.1. The van der Waals surface area contributed by atoms with Gasteiger partial charge in [-0.05, 0) is 37.5 Å². The lowest BCUT2D eigenvalue weighted by Crippen LogP contribution is -2.41. The second-order valence-corrected chi connectivity index (χ2v) is 6.72. The van der Waals surface area contributed by atoms with Crippen molar-refractivity contribution in [3.63, 3.8) is 0 Å². The molecule has 0 bridgehead atoms. The third kappa shape index (κ3) is 4.55. The van der Waals surface area contributed by atoms with Crippen LogP contribution < -0.4 is 5.32 Å². The number of amides is 2. The second kappa shape index (κ2) is 8.82. The van der Waals surface area contributed by atoms with Crippen molar-refractivity contribution < 1.29 is 14.0 Å². The minimum absolute atomic E-state index is 0.0767. The molecule has 0 aliphatic carbocycles. The number of rotatable bonds is 4. The molecule has 0 atom stereocenters. The van der Waals surface area contributed by atoms with Gasteiger partial charge in [0.25, 0.3) is 11.8 Å². The summed E-state index contributed by atoms with van der Waals surface area (Å²) >= 11 is 6.40. The Hall–Kier alpha value is -2.66. The first-order valence-corrected chi connectivity index (χ1v) is 9.26. The summed E-state index contributed by atoms with van der Waals surface area (Å²) in [5.41, 5.74) is 0.366. The summed E-state index contributed by atoms with van der Waals surface area (Å²) in [6.07, 6.45) is 2.84. The minimum atomic E-state index is -0.555. The standard InChI is InChI=1S/C21H20ClFN2O2/c22-18(16-11-5-6-12-17(16)23)19(21(27)25-13-7-2-8-14-25)24-20(26)15-9-3-1-4-10-15/h1,3-6,9-12H,2,7-8,13-14H2,(H,24,26)/b19-18+. The van der Waals surface area contributed by atoms with Crippen molar-refractivity contribution in [3.05, 3.63) is 77.2 Å². The summed E-state index contributed by atoms with van der Waals surface area (Å²) in [5.74, 6) is -1.42. The van der Waals surface area contributed by atoms with Crippen LogP contribution in [0.2, 0.25) is 0 Å². The quantitative estimate of drug-likeness (QED) is 0.801. The van der Waals surface area contributed by atoms with E-state index in [4.69, 9.17) is 11.6 Å². The number of nitrogens with zero attached hydrogens (tertiary/aromatic N) is 1. The molecule has 1 fully saturated rings. The van der Waals surface area contributed by atoms with Crippen molar-refractivity contribution in [3.8, 4) is 0 Å². The molecule has 0 saturated carbocycles. The van der Waals surface area contributed by atoms with Crippen molar-refractivity contribution >= 4 is 28.4 Å². The van der Waals surface area contributed by atoms with Crippen LogP contribution in [0.15, 0.2) is 60.3 Å². The first-order valence-electron chi connectivity index (χ1n) is 8.88. The molecule has 0 aromatic heterocycles. The number of hydrogen-bond donors (Lipinski definition) is 1. The molecule has 2 aromatic rings. The number of carbonyl (C=O) groups is 2. The molecule has 0 unspecified atom stereocenters. The summed E-state index contributed by atoms with van der Waals surface area (Å²) in [4.78, 5) is 27.3. The van der Waals surface area contributed by atoms with E-state index >= 15 is 0 Å². The zero-order chi connectivity index (χ0) is 19.2.